The second kappa shape index (κ2) is 6.16. The van der Waals surface area contributed by atoms with Crippen molar-refractivity contribution in [2.24, 2.45) is 0 Å². The summed E-state index contributed by atoms with van der Waals surface area (Å²) in [4.78, 5) is 17.2. The van der Waals surface area contributed by atoms with E-state index in [0.717, 1.165) is 5.56 Å². The van der Waals surface area contributed by atoms with Crippen molar-refractivity contribution >= 4 is 23.3 Å². The van der Waals surface area contributed by atoms with Gasteiger partial charge in [-0.2, -0.15) is 0 Å². The van der Waals surface area contributed by atoms with Crippen LogP contribution in [0.1, 0.15) is 12.5 Å². The fraction of sp³-hybridized carbons (Fsp3) is 0.100. The molecular weight excluding hydrogens is 230 g/mol. The third-order valence-corrected chi connectivity index (χ3v) is 1.94. The van der Waals surface area contributed by atoms with E-state index in [1.807, 2.05) is 30.3 Å². The molecule has 1 aromatic carbocycles. The predicted molar refractivity (Wildman–Crippen MR) is 60.1 cm³/mol. The molecule has 1 unspecified atom stereocenters. The predicted octanol–water partition coefficient (Wildman–Crippen LogP) is 1.27. The van der Waals surface area contributed by atoms with E-state index in [-0.39, 0.29) is 0 Å². The van der Waals surface area contributed by atoms with Crippen molar-refractivity contribution in [2.45, 2.75) is 6.92 Å². The van der Waals surface area contributed by atoms with Crippen molar-refractivity contribution in [1.29, 1.82) is 0 Å². The first-order valence-corrected chi connectivity index (χ1v) is 5.51. The number of hydrogen-bond acceptors (Lipinski definition) is 3. The quantitative estimate of drug-likeness (QED) is 0.473. The Morgan fingerprint density at radius 2 is 2.06 bits per heavy atom. The van der Waals surface area contributed by atoms with E-state index in [9.17, 15) is 9.00 Å². The van der Waals surface area contributed by atoms with Gasteiger partial charge in [-0.05, 0) is 23.4 Å². The molecular formula is C10H11NO4S. The highest BCUT2D eigenvalue weighted by molar-refractivity contribution is 7.76. The van der Waals surface area contributed by atoms with Gasteiger partial charge in [0, 0.05) is 5.57 Å². The standard InChI is InChI=1S/C10H11NO4S/c1-8(10(12)15-11-16(13)14)7-9-5-3-2-4-6-9/h2-7,11H,1H3,(H,13,14). The lowest BCUT2D eigenvalue weighted by molar-refractivity contribution is -0.142. The van der Waals surface area contributed by atoms with Gasteiger partial charge >= 0.3 is 5.97 Å². The summed E-state index contributed by atoms with van der Waals surface area (Å²) >= 11 is -2.37. The average molecular weight is 241 g/mol. The molecule has 0 heterocycles. The number of carbonyl (C=O) groups excluding carboxylic acids is 1. The maximum atomic E-state index is 11.3. The Bertz CT molecular complexity index is 416. The van der Waals surface area contributed by atoms with Gasteiger partial charge in [0.1, 0.15) is 0 Å². The lowest BCUT2D eigenvalue weighted by Crippen LogP contribution is -2.22. The molecule has 0 aliphatic carbocycles. The first kappa shape index (κ1) is 12.6. The average Bonchev–Trinajstić information content (AvgIpc) is 2.27. The van der Waals surface area contributed by atoms with Gasteiger partial charge < -0.3 is 4.84 Å². The van der Waals surface area contributed by atoms with Gasteiger partial charge in [-0.1, -0.05) is 30.3 Å². The van der Waals surface area contributed by atoms with Gasteiger partial charge in [0.25, 0.3) is 11.3 Å². The number of carbonyl (C=O) groups is 1. The Labute approximate surface area is 95.5 Å². The molecule has 0 bridgehead atoms. The molecule has 16 heavy (non-hydrogen) atoms. The molecule has 0 spiro atoms. The molecule has 5 nitrogen and oxygen atoms in total. The second-order valence-electron chi connectivity index (χ2n) is 2.96. The fourth-order valence-electron chi connectivity index (χ4n) is 1.01. The monoisotopic (exact) mass is 241 g/mol. The maximum absolute atomic E-state index is 11.3. The number of rotatable bonds is 4. The maximum Gasteiger partial charge on any atom is 0.353 e. The van der Waals surface area contributed by atoms with E-state index in [4.69, 9.17) is 4.55 Å². The highest BCUT2D eigenvalue weighted by Gasteiger charge is 2.06. The van der Waals surface area contributed by atoms with Crippen molar-refractivity contribution in [3.63, 3.8) is 0 Å². The molecule has 86 valence electrons. The van der Waals surface area contributed by atoms with Gasteiger partial charge in [-0.25, -0.2) is 9.00 Å². The summed E-state index contributed by atoms with van der Waals surface area (Å²) in [6, 6.07) is 9.20. The second-order valence-corrected chi connectivity index (χ2v) is 3.63. The highest BCUT2D eigenvalue weighted by Crippen LogP contribution is 2.06. The number of nitrogens with one attached hydrogen (secondary N) is 1. The summed E-state index contributed by atoms with van der Waals surface area (Å²) in [5, 5.41) is 0. The Morgan fingerprint density at radius 1 is 1.44 bits per heavy atom. The fourth-order valence-corrected chi connectivity index (χ4v) is 1.16. The van der Waals surface area contributed by atoms with Crippen LogP contribution in [0.25, 0.3) is 6.08 Å². The normalized spacial score (nSPS) is 13.2. The van der Waals surface area contributed by atoms with Crippen LogP contribution in [0.3, 0.4) is 0 Å². The van der Waals surface area contributed by atoms with E-state index in [1.54, 1.807) is 17.9 Å². The molecule has 0 amide bonds. The van der Waals surface area contributed by atoms with Crippen LogP contribution in [-0.4, -0.2) is 14.7 Å². The molecule has 1 atom stereocenters. The molecule has 0 aliphatic heterocycles. The molecule has 1 rings (SSSR count). The van der Waals surface area contributed by atoms with Gasteiger partial charge in [-0.15, -0.1) is 0 Å². The number of benzene rings is 1. The minimum atomic E-state index is -2.37. The Hall–Kier alpha value is -1.50. The van der Waals surface area contributed by atoms with E-state index in [2.05, 4.69) is 4.84 Å². The third kappa shape index (κ3) is 4.35. The van der Waals surface area contributed by atoms with Crippen LogP contribution in [-0.2, 0) is 20.9 Å². The van der Waals surface area contributed by atoms with E-state index < -0.39 is 17.2 Å². The zero-order valence-electron chi connectivity index (χ0n) is 8.54. The van der Waals surface area contributed by atoms with Gasteiger partial charge in [0.2, 0.25) is 0 Å². The zero-order valence-corrected chi connectivity index (χ0v) is 9.36. The molecule has 0 radical (unpaired) electrons. The smallest absolute Gasteiger partial charge is 0.352 e. The van der Waals surface area contributed by atoms with Gasteiger partial charge in [0.15, 0.2) is 0 Å². The summed E-state index contributed by atoms with van der Waals surface area (Å²) in [6.45, 7) is 1.55. The van der Waals surface area contributed by atoms with Crippen molar-refractivity contribution in [3.8, 4) is 0 Å². The zero-order chi connectivity index (χ0) is 12.0. The molecule has 0 saturated carbocycles. The summed E-state index contributed by atoms with van der Waals surface area (Å²) < 4.78 is 18.5. The third-order valence-electron chi connectivity index (χ3n) is 1.71. The van der Waals surface area contributed by atoms with Crippen molar-refractivity contribution < 1.29 is 18.4 Å². The summed E-state index contributed by atoms with van der Waals surface area (Å²) in [6.07, 6.45) is 1.62. The highest BCUT2D eigenvalue weighted by atomic mass is 32.2. The first-order chi connectivity index (χ1) is 7.59. The van der Waals surface area contributed by atoms with Crippen molar-refractivity contribution in [2.75, 3.05) is 0 Å². The van der Waals surface area contributed by atoms with E-state index >= 15 is 0 Å². The molecule has 0 aromatic heterocycles. The first-order valence-electron chi connectivity index (χ1n) is 4.40. The minimum Gasteiger partial charge on any atom is -0.352 e. The Kier molecular flexibility index (Phi) is 4.84. The molecule has 0 aliphatic rings. The topological polar surface area (TPSA) is 75.6 Å². The van der Waals surface area contributed by atoms with Gasteiger partial charge in [-0.3, -0.25) is 4.55 Å². The SMILES string of the molecule is CC(=Cc1ccccc1)C(=O)ONS(=O)O. The molecule has 6 heteroatoms. The summed E-state index contributed by atoms with van der Waals surface area (Å²) in [5.41, 5.74) is 1.17. The van der Waals surface area contributed by atoms with Crippen molar-refractivity contribution in [3.05, 3.63) is 41.5 Å². The summed E-state index contributed by atoms with van der Waals surface area (Å²) in [7, 11) is 0. The van der Waals surface area contributed by atoms with Crippen LogP contribution < -0.4 is 4.89 Å². The van der Waals surface area contributed by atoms with Crippen LogP contribution in [0, 0.1) is 0 Å². The van der Waals surface area contributed by atoms with Crippen LogP contribution in [0.4, 0.5) is 0 Å². The Morgan fingerprint density at radius 3 is 2.62 bits per heavy atom. The number of hydrogen-bond donors (Lipinski definition) is 2. The van der Waals surface area contributed by atoms with E-state index in [0.29, 0.717) is 5.57 Å². The lowest BCUT2D eigenvalue weighted by Gasteiger charge is -2.01. The van der Waals surface area contributed by atoms with Crippen LogP contribution >= 0.6 is 0 Å². The minimum absolute atomic E-state index is 0.323. The Balaban J connectivity index is 2.63. The molecule has 1 aromatic rings. The van der Waals surface area contributed by atoms with Crippen molar-refractivity contribution in [1.82, 2.24) is 4.89 Å². The summed E-state index contributed by atoms with van der Waals surface area (Å²) in [5.74, 6) is -0.703. The lowest BCUT2D eigenvalue weighted by atomic mass is 10.1. The molecule has 2 N–H and O–H groups in total. The molecule has 0 saturated heterocycles. The molecule has 0 fully saturated rings. The van der Waals surface area contributed by atoms with Crippen LogP contribution in [0.2, 0.25) is 0 Å². The van der Waals surface area contributed by atoms with E-state index in [1.165, 1.54) is 0 Å². The van der Waals surface area contributed by atoms with Gasteiger partial charge in [0.05, 0.1) is 0 Å². The largest absolute Gasteiger partial charge is 0.353 e. The van der Waals surface area contributed by atoms with Crippen LogP contribution in [0.5, 0.6) is 0 Å². The van der Waals surface area contributed by atoms with Crippen LogP contribution in [0.15, 0.2) is 35.9 Å².